The molecule has 0 unspecified atom stereocenters. The van der Waals surface area contributed by atoms with Crippen LogP contribution >= 0.6 is 0 Å². The second kappa shape index (κ2) is 5.24. The molecular formula is C14H16N4O2. The second-order valence-corrected chi connectivity index (χ2v) is 4.54. The molecule has 3 N–H and O–H groups in total. The summed E-state index contributed by atoms with van der Waals surface area (Å²) in [6, 6.07) is 7.36. The lowest BCUT2D eigenvalue weighted by Gasteiger charge is -2.08. The molecule has 2 aromatic rings. The molecule has 0 bridgehead atoms. The summed E-state index contributed by atoms with van der Waals surface area (Å²) in [7, 11) is 0. The first kappa shape index (κ1) is 12.5. The van der Waals surface area contributed by atoms with Crippen LogP contribution in [0, 0.1) is 0 Å². The molecule has 0 saturated heterocycles. The third-order valence-electron chi connectivity index (χ3n) is 2.91. The summed E-state index contributed by atoms with van der Waals surface area (Å²) >= 11 is 0. The van der Waals surface area contributed by atoms with Crippen molar-refractivity contribution in [2.24, 2.45) is 0 Å². The number of fused-ring (bicyclic) bond motifs is 1. The number of aryl methyl sites for hydroxylation is 1. The van der Waals surface area contributed by atoms with Gasteiger partial charge in [0, 0.05) is 24.2 Å². The van der Waals surface area contributed by atoms with Crippen LogP contribution in [-0.2, 0) is 6.42 Å². The van der Waals surface area contributed by atoms with Crippen molar-refractivity contribution >= 4 is 17.3 Å². The van der Waals surface area contributed by atoms with Crippen molar-refractivity contribution in [3.05, 3.63) is 30.1 Å². The average Bonchev–Trinajstić information content (AvgIpc) is 2.85. The van der Waals surface area contributed by atoms with Crippen molar-refractivity contribution in [2.45, 2.75) is 19.8 Å². The Bertz CT molecular complexity index is 631. The number of rotatable bonds is 4. The number of ether oxygens (including phenoxy) is 2. The number of aromatic nitrogens is 2. The largest absolute Gasteiger partial charge is 0.454 e. The van der Waals surface area contributed by atoms with E-state index < -0.39 is 0 Å². The lowest BCUT2D eigenvalue weighted by molar-refractivity contribution is 0.174. The summed E-state index contributed by atoms with van der Waals surface area (Å²) in [5.41, 5.74) is 6.67. The van der Waals surface area contributed by atoms with Gasteiger partial charge in [0.25, 0.3) is 0 Å². The summed E-state index contributed by atoms with van der Waals surface area (Å²) < 4.78 is 10.6. The monoisotopic (exact) mass is 272 g/mol. The summed E-state index contributed by atoms with van der Waals surface area (Å²) in [5, 5.41) is 3.21. The maximum absolute atomic E-state index is 5.80. The molecule has 6 heteroatoms. The van der Waals surface area contributed by atoms with Gasteiger partial charge >= 0.3 is 0 Å². The molecule has 0 atom stereocenters. The summed E-state index contributed by atoms with van der Waals surface area (Å²) in [6.07, 6.45) is 1.79. The molecule has 0 aliphatic carbocycles. The van der Waals surface area contributed by atoms with Gasteiger partial charge in [-0.15, -0.1) is 0 Å². The topological polar surface area (TPSA) is 82.3 Å². The van der Waals surface area contributed by atoms with Gasteiger partial charge in [0.1, 0.15) is 17.5 Å². The highest BCUT2D eigenvalue weighted by Crippen LogP contribution is 2.34. The molecule has 0 fully saturated rings. The van der Waals surface area contributed by atoms with Crippen molar-refractivity contribution in [2.75, 3.05) is 17.8 Å². The molecule has 2 heterocycles. The third kappa shape index (κ3) is 2.59. The first-order valence-corrected chi connectivity index (χ1v) is 6.54. The Morgan fingerprint density at radius 1 is 1.20 bits per heavy atom. The SMILES string of the molecule is CCCc1nc(N)cc(Nc2ccc3c(c2)OCO3)n1. The Kier molecular flexibility index (Phi) is 3.28. The fraction of sp³-hybridized carbons (Fsp3) is 0.286. The summed E-state index contributed by atoms with van der Waals surface area (Å²) in [4.78, 5) is 8.64. The number of nitrogens with zero attached hydrogens (tertiary/aromatic N) is 2. The van der Waals surface area contributed by atoms with Gasteiger partial charge in [0.05, 0.1) is 0 Å². The molecule has 1 aliphatic heterocycles. The van der Waals surface area contributed by atoms with E-state index >= 15 is 0 Å². The van der Waals surface area contributed by atoms with E-state index in [0.29, 0.717) is 11.6 Å². The molecule has 20 heavy (non-hydrogen) atoms. The zero-order valence-electron chi connectivity index (χ0n) is 11.2. The zero-order valence-corrected chi connectivity index (χ0v) is 11.2. The quantitative estimate of drug-likeness (QED) is 0.889. The van der Waals surface area contributed by atoms with Crippen molar-refractivity contribution < 1.29 is 9.47 Å². The number of benzene rings is 1. The van der Waals surface area contributed by atoms with Gasteiger partial charge in [-0.2, -0.15) is 0 Å². The number of nitrogen functional groups attached to an aromatic ring is 1. The number of hydrogen-bond donors (Lipinski definition) is 2. The van der Waals surface area contributed by atoms with Crippen molar-refractivity contribution in [1.82, 2.24) is 9.97 Å². The third-order valence-corrected chi connectivity index (χ3v) is 2.91. The first-order chi connectivity index (χ1) is 9.74. The van der Waals surface area contributed by atoms with Gasteiger partial charge in [-0.25, -0.2) is 9.97 Å². The van der Waals surface area contributed by atoms with Crippen molar-refractivity contribution in [3.8, 4) is 11.5 Å². The standard InChI is InChI=1S/C14H16N4O2/c1-2-3-13-17-12(15)7-14(18-13)16-9-4-5-10-11(6-9)20-8-19-10/h4-7H,2-3,8H2,1H3,(H3,15,16,17,18). The smallest absolute Gasteiger partial charge is 0.231 e. The minimum Gasteiger partial charge on any atom is -0.454 e. The number of anilines is 3. The zero-order chi connectivity index (χ0) is 13.9. The average molecular weight is 272 g/mol. The maximum atomic E-state index is 5.80. The number of nitrogens with two attached hydrogens (primary N) is 1. The van der Waals surface area contributed by atoms with E-state index in [-0.39, 0.29) is 6.79 Å². The Balaban J connectivity index is 1.83. The Hall–Kier alpha value is -2.50. The molecule has 1 aromatic heterocycles. The highest BCUT2D eigenvalue weighted by molar-refractivity contribution is 5.63. The Morgan fingerprint density at radius 3 is 2.90 bits per heavy atom. The van der Waals surface area contributed by atoms with Gasteiger partial charge in [-0.3, -0.25) is 0 Å². The second-order valence-electron chi connectivity index (χ2n) is 4.54. The van der Waals surface area contributed by atoms with Crippen LogP contribution in [0.5, 0.6) is 11.5 Å². The molecule has 1 aromatic carbocycles. The fourth-order valence-corrected chi connectivity index (χ4v) is 2.04. The van der Waals surface area contributed by atoms with Gasteiger partial charge in [0.2, 0.25) is 6.79 Å². The summed E-state index contributed by atoms with van der Waals surface area (Å²) in [5.74, 6) is 3.37. The molecule has 0 spiro atoms. The Morgan fingerprint density at radius 2 is 2.05 bits per heavy atom. The highest BCUT2D eigenvalue weighted by Gasteiger charge is 2.13. The van der Waals surface area contributed by atoms with Crippen LogP contribution < -0.4 is 20.5 Å². The van der Waals surface area contributed by atoms with E-state index in [1.807, 2.05) is 18.2 Å². The molecule has 3 rings (SSSR count). The van der Waals surface area contributed by atoms with E-state index in [1.165, 1.54) is 0 Å². The van der Waals surface area contributed by atoms with E-state index in [1.54, 1.807) is 6.07 Å². The van der Waals surface area contributed by atoms with Gasteiger partial charge < -0.3 is 20.5 Å². The molecule has 104 valence electrons. The minimum absolute atomic E-state index is 0.264. The molecule has 1 aliphatic rings. The van der Waals surface area contributed by atoms with Crippen LogP contribution in [0.4, 0.5) is 17.3 Å². The number of hydrogen-bond acceptors (Lipinski definition) is 6. The minimum atomic E-state index is 0.264. The maximum Gasteiger partial charge on any atom is 0.231 e. The van der Waals surface area contributed by atoms with Crippen LogP contribution in [0.2, 0.25) is 0 Å². The van der Waals surface area contributed by atoms with Crippen LogP contribution in [-0.4, -0.2) is 16.8 Å². The van der Waals surface area contributed by atoms with Crippen LogP contribution in [0.25, 0.3) is 0 Å². The first-order valence-electron chi connectivity index (χ1n) is 6.54. The Labute approximate surface area is 116 Å². The molecule has 0 amide bonds. The van der Waals surface area contributed by atoms with Crippen LogP contribution in [0.3, 0.4) is 0 Å². The van der Waals surface area contributed by atoms with E-state index in [2.05, 4.69) is 22.2 Å². The van der Waals surface area contributed by atoms with Crippen molar-refractivity contribution in [1.29, 1.82) is 0 Å². The molecule has 6 nitrogen and oxygen atoms in total. The fourth-order valence-electron chi connectivity index (χ4n) is 2.04. The lowest BCUT2D eigenvalue weighted by atomic mass is 10.2. The van der Waals surface area contributed by atoms with Gasteiger partial charge in [-0.1, -0.05) is 6.92 Å². The predicted octanol–water partition coefficient (Wildman–Crippen LogP) is 2.48. The summed E-state index contributed by atoms with van der Waals surface area (Å²) in [6.45, 7) is 2.34. The van der Waals surface area contributed by atoms with E-state index in [4.69, 9.17) is 15.2 Å². The number of nitrogens with one attached hydrogen (secondary N) is 1. The van der Waals surface area contributed by atoms with Gasteiger partial charge in [-0.05, 0) is 18.6 Å². The molecular weight excluding hydrogens is 256 g/mol. The normalized spacial score (nSPS) is 12.4. The predicted molar refractivity (Wildman–Crippen MR) is 76.3 cm³/mol. The highest BCUT2D eigenvalue weighted by atomic mass is 16.7. The van der Waals surface area contributed by atoms with Crippen LogP contribution in [0.1, 0.15) is 19.2 Å². The van der Waals surface area contributed by atoms with E-state index in [0.717, 1.165) is 35.9 Å². The lowest BCUT2D eigenvalue weighted by Crippen LogP contribution is -2.03. The molecule has 0 radical (unpaired) electrons. The molecule has 0 saturated carbocycles. The van der Waals surface area contributed by atoms with Gasteiger partial charge in [0.15, 0.2) is 11.5 Å². The van der Waals surface area contributed by atoms with Crippen LogP contribution in [0.15, 0.2) is 24.3 Å². The van der Waals surface area contributed by atoms with E-state index in [9.17, 15) is 0 Å². The van der Waals surface area contributed by atoms with Crippen molar-refractivity contribution in [3.63, 3.8) is 0 Å².